The number of hydrogen-bond donors (Lipinski definition) is 1. The maximum Gasteiger partial charge on any atom is 0.228 e. The molecule has 106 valence electrons. The van der Waals surface area contributed by atoms with Crippen molar-refractivity contribution in [3.63, 3.8) is 0 Å². The first-order chi connectivity index (χ1) is 10.2. The predicted octanol–water partition coefficient (Wildman–Crippen LogP) is 3.91. The lowest BCUT2D eigenvalue weighted by Crippen LogP contribution is -1.87. The number of nitrogen functional groups attached to an aromatic ring is 1. The standard InChI is InChI=1S/C17H16N2O2/c1-11-3-5-12(6-4-11)15-16(18)19-17(21-15)13-7-9-14(20-2)10-8-13/h3-10H,18H2,1-2H3. The number of methoxy groups -OCH3 is 1. The summed E-state index contributed by atoms with van der Waals surface area (Å²) in [5.74, 6) is 2.29. The minimum absolute atomic E-state index is 0.393. The van der Waals surface area contributed by atoms with E-state index in [-0.39, 0.29) is 0 Å². The third-order valence-electron chi connectivity index (χ3n) is 3.30. The first-order valence-corrected chi connectivity index (χ1v) is 6.65. The summed E-state index contributed by atoms with van der Waals surface area (Å²) in [5.41, 5.74) is 8.95. The third kappa shape index (κ3) is 2.60. The molecule has 4 heteroatoms. The molecule has 0 aliphatic carbocycles. The Morgan fingerprint density at radius 3 is 2.19 bits per heavy atom. The molecule has 3 aromatic rings. The number of nitrogens with zero attached hydrogens (tertiary/aromatic N) is 1. The number of aryl methyl sites for hydroxylation is 1. The SMILES string of the molecule is COc1ccc(-c2nc(N)c(-c3ccc(C)cc3)o2)cc1. The lowest BCUT2D eigenvalue weighted by molar-refractivity contribution is 0.415. The zero-order valence-electron chi connectivity index (χ0n) is 12.0. The lowest BCUT2D eigenvalue weighted by Gasteiger charge is -2.00. The van der Waals surface area contributed by atoms with Crippen molar-refractivity contribution < 1.29 is 9.15 Å². The average molecular weight is 280 g/mol. The third-order valence-corrected chi connectivity index (χ3v) is 3.30. The van der Waals surface area contributed by atoms with E-state index >= 15 is 0 Å². The number of anilines is 1. The molecule has 0 unspecified atom stereocenters. The molecule has 0 saturated heterocycles. The molecule has 0 saturated carbocycles. The highest BCUT2D eigenvalue weighted by Crippen LogP contribution is 2.32. The molecule has 2 N–H and O–H groups in total. The van der Waals surface area contributed by atoms with Crippen molar-refractivity contribution in [1.82, 2.24) is 4.98 Å². The second kappa shape index (κ2) is 5.32. The maximum atomic E-state index is 5.98. The van der Waals surface area contributed by atoms with E-state index in [0.717, 1.165) is 16.9 Å². The van der Waals surface area contributed by atoms with E-state index in [4.69, 9.17) is 14.9 Å². The summed E-state index contributed by atoms with van der Waals surface area (Å²) in [6.07, 6.45) is 0. The summed E-state index contributed by atoms with van der Waals surface area (Å²) in [7, 11) is 1.63. The molecule has 4 nitrogen and oxygen atoms in total. The fourth-order valence-corrected chi connectivity index (χ4v) is 2.10. The van der Waals surface area contributed by atoms with Crippen LogP contribution in [0.4, 0.5) is 5.82 Å². The zero-order valence-corrected chi connectivity index (χ0v) is 12.0. The quantitative estimate of drug-likeness (QED) is 0.790. The highest BCUT2D eigenvalue weighted by molar-refractivity contribution is 5.71. The number of oxazole rings is 1. The van der Waals surface area contributed by atoms with Crippen LogP contribution in [0.2, 0.25) is 0 Å². The second-order valence-corrected chi connectivity index (χ2v) is 4.83. The van der Waals surface area contributed by atoms with Crippen molar-refractivity contribution in [2.75, 3.05) is 12.8 Å². The van der Waals surface area contributed by atoms with Gasteiger partial charge in [-0.25, -0.2) is 0 Å². The Morgan fingerprint density at radius 1 is 0.952 bits per heavy atom. The average Bonchev–Trinajstić information content (AvgIpc) is 2.90. The minimum Gasteiger partial charge on any atom is -0.497 e. The molecule has 0 fully saturated rings. The molecule has 1 aromatic heterocycles. The van der Waals surface area contributed by atoms with Gasteiger partial charge in [-0.2, -0.15) is 4.98 Å². The molecule has 0 amide bonds. The Labute approximate surface area is 123 Å². The highest BCUT2D eigenvalue weighted by Gasteiger charge is 2.14. The fraction of sp³-hybridized carbons (Fsp3) is 0.118. The molecule has 3 rings (SSSR count). The molecule has 0 spiro atoms. The van der Waals surface area contributed by atoms with Gasteiger partial charge in [0.05, 0.1) is 7.11 Å². The fourth-order valence-electron chi connectivity index (χ4n) is 2.10. The van der Waals surface area contributed by atoms with Gasteiger partial charge in [-0.15, -0.1) is 0 Å². The highest BCUT2D eigenvalue weighted by atomic mass is 16.5. The number of benzene rings is 2. The van der Waals surface area contributed by atoms with Crippen molar-refractivity contribution in [3.05, 3.63) is 54.1 Å². The first-order valence-electron chi connectivity index (χ1n) is 6.65. The van der Waals surface area contributed by atoms with Gasteiger partial charge in [0.1, 0.15) is 5.75 Å². The van der Waals surface area contributed by atoms with Crippen LogP contribution < -0.4 is 10.5 Å². The van der Waals surface area contributed by atoms with E-state index in [1.807, 2.05) is 55.5 Å². The molecule has 0 aliphatic heterocycles. The molecule has 1 heterocycles. The lowest BCUT2D eigenvalue weighted by atomic mass is 10.1. The van der Waals surface area contributed by atoms with Crippen LogP contribution >= 0.6 is 0 Å². The van der Waals surface area contributed by atoms with Crippen LogP contribution in [0.1, 0.15) is 5.56 Å². The van der Waals surface area contributed by atoms with E-state index in [9.17, 15) is 0 Å². The van der Waals surface area contributed by atoms with Gasteiger partial charge in [0.15, 0.2) is 11.6 Å². The molecular formula is C17H16N2O2. The molecular weight excluding hydrogens is 264 g/mol. The molecule has 0 radical (unpaired) electrons. The summed E-state index contributed by atoms with van der Waals surface area (Å²) in [6, 6.07) is 15.5. The van der Waals surface area contributed by atoms with Crippen LogP contribution in [0, 0.1) is 6.92 Å². The van der Waals surface area contributed by atoms with Crippen molar-refractivity contribution in [2.45, 2.75) is 6.92 Å². The van der Waals surface area contributed by atoms with Crippen LogP contribution in [-0.2, 0) is 0 Å². The van der Waals surface area contributed by atoms with E-state index in [0.29, 0.717) is 17.5 Å². The van der Waals surface area contributed by atoms with E-state index in [1.165, 1.54) is 5.56 Å². The number of ether oxygens (including phenoxy) is 1. The van der Waals surface area contributed by atoms with Crippen molar-refractivity contribution in [3.8, 4) is 28.5 Å². The van der Waals surface area contributed by atoms with E-state index in [1.54, 1.807) is 7.11 Å². The van der Waals surface area contributed by atoms with Gasteiger partial charge in [-0.1, -0.05) is 29.8 Å². The summed E-state index contributed by atoms with van der Waals surface area (Å²) >= 11 is 0. The van der Waals surface area contributed by atoms with Crippen LogP contribution in [0.3, 0.4) is 0 Å². The molecule has 0 bridgehead atoms. The number of aromatic nitrogens is 1. The topological polar surface area (TPSA) is 61.3 Å². The minimum atomic E-state index is 0.393. The van der Waals surface area contributed by atoms with Crippen molar-refractivity contribution in [1.29, 1.82) is 0 Å². The Kier molecular flexibility index (Phi) is 3.36. The molecule has 21 heavy (non-hydrogen) atoms. The summed E-state index contributed by atoms with van der Waals surface area (Å²) in [5, 5.41) is 0. The summed E-state index contributed by atoms with van der Waals surface area (Å²) < 4.78 is 11.0. The monoisotopic (exact) mass is 280 g/mol. The Morgan fingerprint density at radius 2 is 1.57 bits per heavy atom. The van der Waals surface area contributed by atoms with Crippen LogP contribution in [0.15, 0.2) is 52.9 Å². The smallest absolute Gasteiger partial charge is 0.228 e. The number of nitrogens with two attached hydrogens (primary N) is 1. The predicted molar refractivity (Wildman–Crippen MR) is 83.1 cm³/mol. The van der Waals surface area contributed by atoms with Gasteiger partial charge >= 0.3 is 0 Å². The summed E-state index contributed by atoms with van der Waals surface area (Å²) in [4.78, 5) is 4.31. The number of hydrogen-bond acceptors (Lipinski definition) is 4. The number of rotatable bonds is 3. The molecule has 0 atom stereocenters. The molecule has 2 aromatic carbocycles. The van der Waals surface area contributed by atoms with Crippen molar-refractivity contribution in [2.24, 2.45) is 0 Å². The van der Waals surface area contributed by atoms with Crippen molar-refractivity contribution >= 4 is 5.82 Å². The Bertz CT molecular complexity index is 743. The zero-order chi connectivity index (χ0) is 14.8. The largest absolute Gasteiger partial charge is 0.497 e. The Balaban J connectivity index is 1.98. The van der Waals surface area contributed by atoms with Gasteiger partial charge in [-0.3, -0.25) is 0 Å². The Hall–Kier alpha value is -2.75. The van der Waals surface area contributed by atoms with Crippen LogP contribution in [0.25, 0.3) is 22.8 Å². The maximum absolute atomic E-state index is 5.98. The van der Waals surface area contributed by atoms with Gasteiger partial charge in [0.2, 0.25) is 5.89 Å². The van der Waals surface area contributed by atoms with E-state index < -0.39 is 0 Å². The van der Waals surface area contributed by atoms with Gasteiger partial charge in [0.25, 0.3) is 0 Å². The van der Waals surface area contributed by atoms with Crippen LogP contribution in [0.5, 0.6) is 5.75 Å². The second-order valence-electron chi connectivity index (χ2n) is 4.83. The van der Waals surface area contributed by atoms with Gasteiger partial charge < -0.3 is 14.9 Å². The normalized spacial score (nSPS) is 10.6. The summed E-state index contributed by atoms with van der Waals surface area (Å²) in [6.45, 7) is 2.04. The van der Waals surface area contributed by atoms with E-state index in [2.05, 4.69) is 4.98 Å². The molecule has 0 aliphatic rings. The first kappa shape index (κ1) is 13.2. The van der Waals surface area contributed by atoms with Crippen LogP contribution in [-0.4, -0.2) is 12.1 Å². The van der Waals surface area contributed by atoms with Gasteiger partial charge in [0, 0.05) is 11.1 Å². The van der Waals surface area contributed by atoms with Gasteiger partial charge in [-0.05, 0) is 31.2 Å².